The lowest BCUT2D eigenvalue weighted by Gasteiger charge is -2.36. The zero-order valence-electron chi connectivity index (χ0n) is 17.9. The van der Waals surface area contributed by atoms with Crippen LogP contribution in [0.4, 0.5) is 0 Å². The van der Waals surface area contributed by atoms with Gasteiger partial charge in [0, 0.05) is 45.3 Å². The molecule has 1 aromatic heterocycles. The first-order valence-corrected chi connectivity index (χ1v) is 10.8. The number of para-hydroxylation sites is 2. The molecule has 162 valence electrons. The highest BCUT2D eigenvalue weighted by molar-refractivity contribution is 6.30. The molecule has 1 amide bonds. The standard InChI is InChI=1S/C23H27ClN6O/c1-25-23(26-16-21-27-19-8-3-4-9-20(19)28(21)2)30-12-10-29(11-13-30)22(31)15-17-6-5-7-18(24)14-17/h3-9,14H,10-13,15-16H2,1-2H3,(H,25,26). The summed E-state index contributed by atoms with van der Waals surface area (Å²) in [5.41, 5.74) is 3.05. The van der Waals surface area contributed by atoms with Gasteiger partial charge in [0.05, 0.1) is 24.0 Å². The smallest absolute Gasteiger partial charge is 0.227 e. The quantitative estimate of drug-likeness (QED) is 0.502. The number of benzene rings is 2. The summed E-state index contributed by atoms with van der Waals surface area (Å²) >= 11 is 6.03. The fraction of sp³-hybridized carbons (Fsp3) is 0.348. The second-order valence-electron chi connectivity index (χ2n) is 7.65. The molecule has 31 heavy (non-hydrogen) atoms. The summed E-state index contributed by atoms with van der Waals surface area (Å²) in [4.78, 5) is 25.9. The molecule has 0 unspecified atom stereocenters. The van der Waals surface area contributed by atoms with E-state index in [1.165, 1.54) is 0 Å². The number of piperazine rings is 1. The van der Waals surface area contributed by atoms with E-state index in [1.54, 1.807) is 7.05 Å². The van der Waals surface area contributed by atoms with E-state index in [2.05, 4.69) is 25.8 Å². The van der Waals surface area contributed by atoms with E-state index in [-0.39, 0.29) is 5.91 Å². The minimum absolute atomic E-state index is 0.129. The molecule has 4 rings (SSSR count). The van der Waals surface area contributed by atoms with Crippen LogP contribution in [0.5, 0.6) is 0 Å². The Bertz CT molecular complexity index is 1100. The molecule has 0 atom stereocenters. The Labute approximate surface area is 187 Å². The summed E-state index contributed by atoms with van der Waals surface area (Å²) in [7, 11) is 3.81. The molecule has 1 saturated heterocycles. The number of nitrogens with one attached hydrogen (secondary N) is 1. The molecule has 0 aliphatic carbocycles. The van der Waals surface area contributed by atoms with Crippen LogP contribution < -0.4 is 5.32 Å². The number of aromatic nitrogens is 2. The molecule has 1 N–H and O–H groups in total. The van der Waals surface area contributed by atoms with E-state index in [0.717, 1.165) is 41.5 Å². The maximum Gasteiger partial charge on any atom is 0.227 e. The summed E-state index contributed by atoms with van der Waals surface area (Å²) in [5.74, 6) is 1.91. The van der Waals surface area contributed by atoms with Crippen LogP contribution in [0.15, 0.2) is 53.5 Å². The molecular weight excluding hydrogens is 412 g/mol. The second-order valence-corrected chi connectivity index (χ2v) is 8.09. The number of hydrogen-bond donors (Lipinski definition) is 1. The van der Waals surface area contributed by atoms with Crippen molar-refractivity contribution in [2.45, 2.75) is 13.0 Å². The molecule has 1 aliphatic heterocycles. The molecule has 0 saturated carbocycles. The third-order valence-corrected chi connectivity index (χ3v) is 5.91. The van der Waals surface area contributed by atoms with E-state index >= 15 is 0 Å². The monoisotopic (exact) mass is 438 g/mol. The summed E-state index contributed by atoms with van der Waals surface area (Å²) in [5, 5.41) is 4.08. The van der Waals surface area contributed by atoms with Crippen LogP contribution in [-0.2, 0) is 24.8 Å². The average molecular weight is 439 g/mol. The molecule has 2 aromatic carbocycles. The summed E-state index contributed by atoms with van der Waals surface area (Å²) in [6.07, 6.45) is 0.375. The number of aliphatic imine (C=N–C) groups is 1. The van der Waals surface area contributed by atoms with Crippen LogP contribution in [0.2, 0.25) is 5.02 Å². The van der Waals surface area contributed by atoms with Gasteiger partial charge in [-0.25, -0.2) is 4.98 Å². The Morgan fingerprint density at radius 1 is 1.10 bits per heavy atom. The van der Waals surface area contributed by atoms with Gasteiger partial charge >= 0.3 is 0 Å². The lowest BCUT2D eigenvalue weighted by atomic mass is 10.1. The minimum atomic E-state index is 0.129. The molecule has 2 heterocycles. The van der Waals surface area contributed by atoms with Gasteiger partial charge in [0.15, 0.2) is 5.96 Å². The first kappa shape index (κ1) is 21.2. The largest absolute Gasteiger partial charge is 0.349 e. The van der Waals surface area contributed by atoms with Crippen LogP contribution in [0.25, 0.3) is 11.0 Å². The fourth-order valence-corrected chi connectivity index (χ4v) is 4.16. The van der Waals surface area contributed by atoms with Gasteiger partial charge in [0.2, 0.25) is 5.91 Å². The van der Waals surface area contributed by atoms with Crippen LogP contribution in [-0.4, -0.2) is 64.4 Å². The first-order valence-electron chi connectivity index (χ1n) is 10.4. The zero-order chi connectivity index (χ0) is 21.8. The van der Waals surface area contributed by atoms with Crippen molar-refractivity contribution in [2.75, 3.05) is 33.2 Å². The Balaban J connectivity index is 1.31. The molecule has 1 fully saturated rings. The highest BCUT2D eigenvalue weighted by atomic mass is 35.5. The maximum atomic E-state index is 12.7. The first-order chi connectivity index (χ1) is 15.0. The highest BCUT2D eigenvalue weighted by Gasteiger charge is 2.23. The number of carbonyl (C=O) groups excluding carboxylic acids is 1. The van der Waals surface area contributed by atoms with E-state index < -0.39 is 0 Å². The number of hydrogen-bond acceptors (Lipinski definition) is 3. The van der Waals surface area contributed by atoms with Crippen molar-refractivity contribution in [3.05, 3.63) is 64.9 Å². The zero-order valence-corrected chi connectivity index (χ0v) is 18.6. The number of carbonyl (C=O) groups is 1. The molecule has 8 heteroatoms. The number of aryl methyl sites for hydroxylation is 1. The Morgan fingerprint density at radius 3 is 2.55 bits per heavy atom. The topological polar surface area (TPSA) is 65.8 Å². The normalized spacial score (nSPS) is 14.9. The van der Waals surface area contributed by atoms with Crippen molar-refractivity contribution in [2.24, 2.45) is 12.0 Å². The number of guanidine groups is 1. The molecular formula is C23H27ClN6O. The number of amides is 1. The molecule has 0 bridgehead atoms. The molecule has 0 spiro atoms. The van der Waals surface area contributed by atoms with Crippen molar-refractivity contribution < 1.29 is 4.79 Å². The summed E-state index contributed by atoms with van der Waals surface area (Å²) < 4.78 is 2.10. The lowest BCUT2D eigenvalue weighted by molar-refractivity contribution is -0.131. The number of imidazole rings is 1. The van der Waals surface area contributed by atoms with Crippen molar-refractivity contribution in [3.63, 3.8) is 0 Å². The predicted molar refractivity (Wildman–Crippen MR) is 124 cm³/mol. The van der Waals surface area contributed by atoms with Gasteiger partial charge in [0.25, 0.3) is 0 Å². The Morgan fingerprint density at radius 2 is 1.84 bits per heavy atom. The minimum Gasteiger partial charge on any atom is -0.349 e. The predicted octanol–water partition coefficient (Wildman–Crippen LogP) is 2.69. The van der Waals surface area contributed by atoms with Gasteiger partial charge in [-0.15, -0.1) is 0 Å². The molecule has 3 aromatic rings. The Kier molecular flexibility index (Phi) is 6.42. The van der Waals surface area contributed by atoms with Crippen LogP contribution >= 0.6 is 11.6 Å². The van der Waals surface area contributed by atoms with Gasteiger partial charge in [-0.1, -0.05) is 35.9 Å². The number of halogens is 1. The summed E-state index contributed by atoms with van der Waals surface area (Å²) in [6, 6.07) is 15.6. The van der Waals surface area contributed by atoms with E-state index in [9.17, 15) is 4.79 Å². The molecule has 7 nitrogen and oxygen atoms in total. The van der Waals surface area contributed by atoms with E-state index in [1.807, 2.05) is 54.4 Å². The number of nitrogens with zero attached hydrogens (tertiary/aromatic N) is 5. The second kappa shape index (κ2) is 9.39. The molecule has 0 radical (unpaired) electrons. The van der Waals surface area contributed by atoms with Gasteiger partial charge in [-0.05, 0) is 29.8 Å². The average Bonchev–Trinajstić information content (AvgIpc) is 3.10. The van der Waals surface area contributed by atoms with Crippen molar-refractivity contribution in [1.29, 1.82) is 0 Å². The van der Waals surface area contributed by atoms with Gasteiger partial charge in [-0.2, -0.15) is 0 Å². The van der Waals surface area contributed by atoms with Gasteiger partial charge in [0.1, 0.15) is 5.82 Å². The van der Waals surface area contributed by atoms with Crippen molar-refractivity contribution in [3.8, 4) is 0 Å². The maximum absolute atomic E-state index is 12.7. The van der Waals surface area contributed by atoms with Crippen LogP contribution in [0, 0.1) is 0 Å². The van der Waals surface area contributed by atoms with E-state index in [0.29, 0.717) is 31.1 Å². The number of fused-ring (bicyclic) bond motifs is 1. The fourth-order valence-electron chi connectivity index (χ4n) is 3.94. The van der Waals surface area contributed by atoms with Crippen molar-refractivity contribution in [1.82, 2.24) is 24.7 Å². The Hall–Kier alpha value is -3.06. The van der Waals surface area contributed by atoms with E-state index in [4.69, 9.17) is 16.6 Å². The van der Waals surface area contributed by atoms with Gasteiger partial charge in [-0.3, -0.25) is 9.79 Å². The summed E-state index contributed by atoms with van der Waals surface area (Å²) in [6.45, 7) is 3.41. The lowest BCUT2D eigenvalue weighted by Crippen LogP contribution is -2.54. The third-order valence-electron chi connectivity index (χ3n) is 5.67. The number of rotatable bonds is 4. The third kappa shape index (κ3) is 4.82. The van der Waals surface area contributed by atoms with Gasteiger partial charge < -0.3 is 19.7 Å². The SMILES string of the molecule is CN=C(NCc1nc2ccccc2n1C)N1CCN(C(=O)Cc2cccc(Cl)c2)CC1. The van der Waals surface area contributed by atoms with Crippen LogP contribution in [0.3, 0.4) is 0 Å². The van der Waals surface area contributed by atoms with Crippen LogP contribution in [0.1, 0.15) is 11.4 Å². The molecule has 1 aliphatic rings. The highest BCUT2D eigenvalue weighted by Crippen LogP contribution is 2.15. The van der Waals surface area contributed by atoms with Crippen molar-refractivity contribution >= 4 is 34.5 Å².